The summed E-state index contributed by atoms with van der Waals surface area (Å²) in [5.41, 5.74) is -2.82. The van der Waals surface area contributed by atoms with Crippen LogP contribution in [-0.2, 0) is 23.7 Å². The number of hydrogen-bond acceptors (Lipinski definition) is 15. The molecule has 0 radical (unpaired) electrons. The van der Waals surface area contributed by atoms with E-state index in [4.69, 9.17) is 23.7 Å². The second kappa shape index (κ2) is 15.2. The van der Waals surface area contributed by atoms with E-state index >= 15 is 0 Å². The highest BCUT2D eigenvalue weighted by Crippen LogP contribution is 2.77. The molecule has 3 heterocycles. The quantitative estimate of drug-likeness (QED) is 0.124. The van der Waals surface area contributed by atoms with Crippen LogP contribution in [0.4, 0.5) is 0 Å². The van der Waals surface area contributed by atoms with E-state index in [0.717, 1.165) is 32.1 Å². The first-order valence-corrected chi connectivity index (χ1v) is 21.2. The molecule has 15 nitrogen and oxygen atoms in total. The molecule has 21 atom stereocenters. The summed E-state index contributed by atoms with van der Waals surface area (Å²) >= 11 is 0. The van der Waals surface area contributed by atoms with Crippen LogP contribution in [0.3, 0.4) is 0 Å². The topological polar surface area (TPSA) is 248 Å². The fourth-order valence-electron chi connectivity index (χ4n) is 13.4. The van der Waals surface area contributed by atoms with Gasteiger partial charge in [0, 0.05) is 16.7 Å². The fourth-order valence-corrected chi connectivity index (χ4v) is 13.4. The molecule has 0 aromatic carbocycles. The third-order valence-electron chi connectivity index (χ3n) is 17.2. The Kier molecular flexibility index (Phi) is 11.8. The molecular formula is C42H70O15. The summed E-state index contributed by atoms with van der Waals surface area (Å²) in [5.74, 6) is 0.781. The summed E-state index contributed by atoms with van der Waals surface area (Å²) in [7, 11) is 0. The smallest absolute Gasteiger partial charge is 0.187 e. The minimum Gasteiger partial charge on any atom is -0.394 e. The molecule has 4 aliphatic carbocycles. The van der Waals surface area contributed by atoms with Crippen molar-refractivity contribution in [1.29, 1.82) is 0 Å². The van der Waals surface area contributed by atoms with Crippen LogP contribution in [-0.4, -0.2) is 162 Å². The van der Waals surface area contributed by atoms with E-state index < -0.39 is 110 Å². The maximum atomic E-state index is 11.5. The second-order valence-electron chi connectivity index (χ2n) is 20.4. The summed E-state index contributed by atoms with van der Waals surface area (Å²) < 4.78 is 30.7. The molecule has 0 aromatic rings. The monoisotopic (exact) mass is 814 g/mol. The number of aliphatic hydroxyl groups excluding tert-OH is 10. The van der Waals surface area contributed by atoms with Crippen molar-refractivity contribution in [3.05, 3.63) is 12.2 Å². The molecule has 7 rings (SSSR count). The molecular weight excluding hydrogens is 744 g/mol. The van der Waals surface area contributed by atoms with E-state index in [9.17, 15) is 51.1 Å². The van der Waals surface area contributed by atoms with Gasteiger partial charge in [-0.2, -0.15) is 0 Å². The molecule has 10 N–H and O–H groups in total. The minimum atomic E-state index is -1.63. The van der Waals surface area contributed by atoms with Crippen LogP contribution in [0.2, 0.25) is 0 Å². The zero-order chi connectivity index (χ0) is 41.8. The Bertz CT molecular complexity index is 1470. The van der Waals surface area contributed by atoms with Gasteiger partial charge < -0.3 is 74.7 Å². The number of ether oxygens (including phenoxy) is 5. The van der Waals surface area contributed by atoms with Gasteiger partial charge in [-0.3, -0.25) is 0 Å². The van der Waals surface area contributed by atoms with E-state index in [2.05, 4.69) is 46.8 Å². The first kappa shape index (κ1) is 44.2. The van der Waals surface area contributed by atoms with Gasteiger partial charge >= 0.3 is 0 Å². The Morgan fingerprint density at radius 2 is 1.35 bits per heavy atom. The van der Waals surface area contributed by atoms with Crippen LogP contribution in [0.15, 0.2) is 12.2 Å². The van der Waals surface area contributed by atoms with Crippen molar-refractivity contribution < 1.29 is 74.7 Å². The normalized spacial score (nSPS) is 52.1. The fraction of sp³-hybridized carbons (Fsp3) is 0.952. The number of hydrogen-bond donors (Lipinski definition) is 10. The number of fused-ring (bicyclic) bond motifs is 2. The van der Waals surface area contributed by atoms with E-state index in [1.165, 1.54) is 0 Å². The average Bonchev–Trinajstić information content (AvgIpc) is 3.56. The van der Waals surface area contributed by atoms with Crippen molar-refractivity contribution in [2.24, 2.45) is 45.3 Å². The molecule has 3 saturated carbocycles. The highest BCUT2D eigenvalue weighted by Gasteiger charge is 2.76. The van der Waals surface area contributed by atoms with Crippen molar-refractivity contribution in [2.45, 2.75) is 184 Å². The Hall–Kier alpha value is -0.860. The van der Waals surface area contributed by atoms with Gasteiger partial charge in [-0.05, 0) is 87.4 Å². The lowest BCUT2D eigenvalue weighted by Crippen LogP contribution is -2.66. The number of rotatable bonds is 11. The van der Waals surface area contributed by atoms with Crippen LogP contribution in [0.5, 0.6) is 0 Å². The lowest BCUT2D eigenvalue weighted by atomic mass is 9.38. The first-order valence-electron chi connectivity index (χ1n) is 21.2. The van der Waals surface area contributed by atoms with Crippen LogP contribution in [0.1, 0.15) is 93.4 Å². The van der Waals surface area contributed by atoms with E-state index in [-0.39, 0.29) is 39.9 Å². The lowest BCUT2D eigenvalue weighted by molar-refractivity contribution is -0.334. The van der Waals surface area contributed by atoms with Gasteiger partial charge in [-0.25, -0.2) is 0 Å². The summed E-state index contributed by atoms with van der Waals surface area (Å²) in [6.45, 7) is 13.9. The molecule has 15 heteroatoms. The summed E-state index contributed by atoms with van der Waals surface area (Å²) in [6, 6.07) is 0. The van der Waals surface area contributed by atoms with Gasteiger partial charge in [0.15, 0.2) is 12.6 Å². The molecule has 6 fully saturated rings. The molecule has 3 saturated heterocycles. The third kappa shape index (κ3) is 6.47. The van der Waals surface area contributed by atoms with Gasteiger partial charge in [0.25, 0.3) is 0 Å². The van der Waals surface area contributed by atoms with Crippen molar-refractivity contribution in [3.63, 3.8) is 0 Å². The average molecular weight is 815 g/mol. The molecule has 2 bridgehead atoms. The summed E-state index contributed by atoms with van der Waals surface area (Å²) in [6.07, 6.45) is -6.65. The largest absolute Gasteiger partial charge is 0.394 e. The molecule has 0 aromatic heterocycles. The molecule has 57 heavy (non-hydrogen) atoms. The Balaban J connectivity index is 1.05. The standard InChI is InChI=1S/C42H70O15/c1-20(16-22(45)34(52)38(4,5)57-36-33(51)31(49)29(47)24(18-44)55-36)21-10-12-40(7)25-11-13-42-26(41(25,19-53-42)15-14-39(21,40)6)8-9-27(37(42,2)3)56-35-32(50)30(48)28(46)23(17-43)54-35/h11,13,20-36,43-52H,8-10,12,14-19H2,1-7H3/t20-,21-,22-,23-,24-,25?,26?,27+,28-,29+,30-,31-,32-,33+,34+,35+,36+,39-,40+,41+,42-/m1/s1. The molecule has 328 valence electrons. The van der Waals surface area contributed by atoms with Crippen LogP contribution < -0.4 is 0 Å². The van der Waals surface area contributed by atoms with Gasteiger partial charge in [-0.15, -0.1) is 0 Å². The molecule has 0 amide bonds. The Morgan fingerprint density at radius 1 is 0.754 bits per heavy atom. The van der Waals surface area contributed by atoms with Crippen LogP contribution in [0.25, 0.3) is 0 Å². The highest BCUT2D eigenvalue weighted by molar-refractivity contribution is 5.33. The molecule has 2 unspecified atom stereocenters. The zero-order valence-corrected chi connectivity index (χ0v) is 34.6. The number of allylic oxidation sites excluding steroid dienone is 1. The lowest BCUT2D eigenvalue weighted by Gasteiger charge is -2.65. The summed E-state index contributed by atoms with van der Waals surface area (Å²) in [4.78, 5) is 0. The minimum absolute atomic E-state index is 0.0408. The molecule has 3 aliphatic heterocycles. The van der Waals surface area contributed by atoms with Crippen molar-refractivity contribution in [1.82, 2.24) is 0 Å². The van der Waals surface area contributed by atoms with Crippen molar-refractivity contribution in [3.8, 4) is 0 Å². The van der Waals surface area contributed by atoms with E-state index in [1.807, 2.05) is 0 Å². The maximum Gasteiger partial charge on any atom is 0.187 e. The third-order valence-corrected chi connectivity index (χ3v) is 17.2. The van der Waals surface area contributed by atoms with Crippen LogP contribution in [0, 0.1) is 45.3 Å². The van der Waals surface area contributed by atoms with Gasteiger partial charge in [0.2, 0.25) is 0 Å². The zero-order valence-electron chi connectivity index (χ0n) is 34.6. The van der Waals surface area contributed by atoms with Crippen molar-refractivity contribution >= 4 is 0 Å². The van der Waals surface area contributed by atoms with Crippen LogP contribution >= 0.6 is 0 Å². The first-order chi connectivity index (χ1) is 26.6. The van der Waals surface area contributed by atoms with Gasteiger partial charge in [0.1, 0.15) is 54.9 Å². The Labute approximate surface area is 335 Å². The predicted molar refractivity (Wildman–Crippen MR) is 202 cm³/mol. The van der Waals surface area contributed by atoms with E-state index in [0.29, 0.717) is 19.4 Å². The maximum absolute atomic E-state index is 11.5. The Morgan fingerprint density at radius 3 is 1.96 bits per heavy atom. The SMILES string of the molecule is C[C@H](C[C@@H](O)[C@H](O)C(C)(C)O[C@@H]1O[C@H](CO)[C@H](O)[C@@H](O)[C@@H]1O)[C@H]1CC[C@@]2(C)C3C=C[C@@]45OC[C@]3(CC[C@]12C)C4CC[C@H](O[C@@H]1O[C@H](CO)[C@@H](O)[C@@H](O)[C@H]1O)C5(C)C. The van der Waals surface area contributed by atoms with E-state index in [1.54, 1.807) is 13.8 Å². The second-order valence-corrected chi connectivity index (χ2v) is 20.4. The number of aliphatic hydroxyl groups is 10. The predicted octanol–water partition coefficient (Wildman–Crippen LogP) is 0.109. The molecule has 7 aliphatic rings. The molecule has 1 spiro atoms. The summed E-state index contributed by atoms with van der Waals surface area (Å²) in [5, 5.41) is 105. The van der Waals surface area contributed by atoms with Gasteiger partial charge in [-0.1, -0.05) is 46.8 Å². The highest BCUT2D eigenvalue weighted by atomic mass is 16.7. The van der Waals surface area contributed by atoms with Crippen molar-refractivity contribution in [2.75, 3.05) is 19.8 Å². The van der Waals surface area contributed by atoms with Gasteiger partial charge in [0.05, 0.1) is 43.2 Å².